The fraction of sp³-hybridized carbons (Fsp3) is 0.0769. The average molecular weight is 285 g/mol. The molecule has 0 aliphatic rings. The van der Waals surface area contributed by atoms with E-state index < -0.39 is 0 Å². The Hall–Kier alpha value is -2.54. The topological polar surface area (TPSA) is 83.6 Å². The smallest absolute Gasteiger partial charge is 0.292 e. The van der Waals surface area contributed by atoms with Crippen molar-refractivity contribution in [1.29, 1.82) is 0 Å². The second kappa shape index (κ2) is 5.22. The van der Waals surface area contributed by atoms with E-state index in [1.54, 1.807) is 11.3 Å². The maximum absolute atomic E-state index is 11.9. The van der Waals surface area contributed by atoms with Crippen LogP contribution in [0.3, 0.4) is 0 Å². The molecule has 3 aromatic rings. The highest BCUT2D eigenvalue weighted by Gasteiger charge is 2.09. The number of aryl methyl sites for hydroxylation is 1. The van der Waals surface area contributed by atoms with Gasteiger partial charge in [-0.15, -0.1) is 11.3 Å². The summed E-state index contributed by atoms with van der Waals surface area (Å²) in [5, 5.41) is 11.9. The number of hydrogen-bond acceptors (Lipinski definition) is 5. The van der Waals surface area contributed by atoms with Crippen molar-refractivity contribution in [1.82, 2.24) is 20.2 Å². The number of benzene rings is 1. The third-order valence-corrected chi connectivity index (χ3v) is 3.44. The molecule has 0 saturated carbocycles. The van der Waals surface area contributed by atoms with Crippen LogP contribution < -0.4 is 5.32 Å². The van der Waals surface area contributed by atoms with E-state index in [1.807, 2.05) is 36.6 Å². The molecule has 0 fully saturated rings. The van der Waals surface area contributed by atoms with Gasteiger partial charge in [0, 0.05) is 16.6 Å². The lowest BCUT2D eigenvalue weighted by atomic mass is 10.1. The number of amides is 1. The van der Waals surface area contributed by atoms with E-state index in [2.05, 4.69) is 25.5 Å². The summed E-state index contributed by atoms with van der Waals surface area (Å²) in [6, 6.07) is 7.53. The highest BCUT2D eigenvalue weighted by molar-refractivity contribution is 7.09. The number of carbonyl (C=O) groups excluding carboxylic acids is 1. The Morgan fingerprint density at radius 1 is 1.40 bits per heavy atom. The molecule has 2 heterocycles. The number of nitrogens with zero attached hydrogens (tertiary/aromatic N) is 3. The second-order valence-corrected chi connectivity index (χ2v) is 5.18. The predicted octanol–water partition coefficient (Wildman–Crippen LogP) is 2.49. The van der Waals surface area contributed by atoms with Crippen molar-refractivity contribution in [3.8, 4) is 11.3 Å². The molecule has 1 aromatic carbocycles. The third kappa shape index (κ3) is 2.57. The number of thiazole rings is 1. The molecule has 0 aliphatic carbocycles. The Bertz CT molecular complexity index is 735. The summed E-state index contributed by atoms with van der Waals surface area (Å²) >= 11 is 1.60. The van der Waals surface area contributed by atoms with Gasteiger partial charge in [-0.2, -0.15) is 5.10 Å². The lowest BCUT2D eigenvalue weighted by Gasteiger charge is -2.04. The van der Waals surface area contributed by atoms with Crippen LogP contribution in [0.1, 0.15) is 15.6 Å². The number of aromatic amines is 1. The Morgan fingerprint density at radius 3 is 3.00 bits per heavy atom. The number of aromatic nitrogens is 4. The van der Waals surface area contributed by atoms with Gasteiger partial charge in [0.15, 0.2) is 0 Å². The van der Waals surface area contributed by atoms with Gasteiger partial charge in [0.2, 0.25) is 5.82 Å². The first kappa shape index (κ1) is 12.5. The molecule has 2 aromatic heterocycles. The Morgan fingerprint density at radius 2 is 2.30 bits per heavy atom. The maximum Gasteiger partial charge on any atom is 0.292 e. The van der Waals surface area contributed by atoms with Crippen LogP contribution in [0.5, 0.6) is 0 Å². The zero-order chi connectivity index (χ0) is 13.9. The van der Waals surface area contributed by atoms with Crippen molar-refractivity contribution in [2.75, 3.05) is 5.32 Å². The number of rotatable bonds is 3. The second-order valence-electron chi connectivity index (χ2n) is 4.12. The molecule has 6 nitrogen and oxygen atoms in total. The first-order valence-electron chi connectivity index (χ1n) is 5.91. The van der Waals surface area contributed by atoms with Crippen LogP contribution in [0.2, 0.25) is 0 Å². The minimum absolute atomic E-state index is 0.180. The van der Waals surface area contributed by atoms with Crippen molar-refractivity contribution >= 4 is 22.9 Å². The Balaban J connectivity index is 1.83. The highest BCUT2D eigenvalue weighted by Crippen LogP contribution is 2.24. The summed E-state index contributed by atoms with van der Waals surface area (Å²) in [4.78, 5) is 20.1. The maximum atomic E-state index is 11.9. The molecule has 20 heavy (non-hydrogen) atoms. The normalized spacial score (nSPS) is 10.4. The minimum atomic E-state index is -0.325. The molecule has 7 heteroatoms. The number of H-pyrrole nitrogens is 1. The quantitative estimate of drug-likeness (QED) is 0.774. The standard InChI is InChI=1S/C13H11N5OS/c1-8-16-11(6-20-8)9-3-2-4-10(5-9)17-13(19)12-14-7-15-18-12/h2-7H,1H3,(H,17,19)(H,14,15,18). The molecule has 100 valence electrons. The number of anilines is 1. The summed E-state index contributed by atoms with van der Waals surface area (Å²) < 4.78 is 0. The minimum Gasteiger partial charge on any atom is -0.319 e. The largest absolute Gasteiger partial charge is 0.319 e. The molecule has 0 aliphatic heterocycles. The first-order chi connectivity index (χ1) is 9.72. The third-order valence-electron chi connectivity index (χ3n) is 2.67. The van der Waals surface area contributed by atoms with Gasteiger partial charge in [0.25, 0.3) is 5.91 Å². The fourth-order valence-corrected chi connectivity index (χ4v) is 2.38. The predicted molar refractivity (Wildman–Crippen MR) is 76.6 cm³/mol. The van der Waals surface area contributed by atoms with E-state index in [9.17, 15) is 4.79 Å². The van der Waals surface area contributed by atoms with Gasteiger partial charge in [-0.05, 0) is 19.1 Å². The van der Waals surface area contributed by atoms with E-state index in [0.717, 1.165) is 16.3 Å². The summed E-state index contributed by atoms with van der Waals surface area (Å²) in [5.41, 5.74) is 2.56. The zero-order valence-electron chi connectivity index (χ0n) is 10.6. The van der Waals surface area contributed by atoms with E-state index in [0.29, 0.717) is 5.69 Å². The van der Waals surface area contributed by atoms with E-state index in [-0.39, 0.29) is 11.7 Å². The van der Waals surface area contributed by atoms with Crippen LogP contribution >= 0.6 is 11.3 Å². The number of hydrogen-bond donors (Lipinski definition) is 2. The molecule has 0 spiro atoms. The van der Waals surface area contributed by atoms with E-state index in [4.69, 9.17) is 0 Å². The molecule has 3 rings (SSSR count). The van der Waals surface area contributed by atoms with E-state index in [1.165, 1.54) is 6.33 Å². The van der Waals surface area contributed by atoms with Gasteiger partial charge in [0.1, 0.15) is 6.33 Å². The van der Waals surface area contributed by atoms with Crippen molar-refractivity contribution in [2.45, 2.75) is 6.92 Å². The van der Waals surface area contributed by atoms with Gasteiger partial charge in [-0.3, -0.25) is 9.89 Å². The van der Waals surface area contributed by atoms with Crippen molar-refractivity contribution < 1.29 is 4.79 Å². The Labute approximate surface area is 118 Å². The van der Waals surface area contributed by atoms with Crippen LogP contribution in [0, 0.1) is 6.92 Å². The summed E-state index contributed by atoms with van der Waals surface area (Å²) in [6.07, 6.45) is 1.30. The van der Waals surface area contributed by atoms with Gasteiger partial charge in [0.05, 0.1) is 10.7 Å². The summed E-state index contributed by atoms with van der Waals surface area (Å²) in [6.45, 7) is 1.96. The molecule has 1 amide bonds. The molecule has 0 atom stereocenters. The molecule has 2 N–H and O–H groups in total. The lowest BCUT2D eigenvalue weighted by Crippen LogP contribution is -2.13. The number of nitrogens with one attached hydrogen (secondary N) is 2. The van der Waals surface area contributed by atoms with Gasteiger partial charge < -0.3 is 5.32 Å². The van der Waals surface area contributed by atoms with Crippen LogP contribution in [-0.4, -0.2) is 26.1 Å². The SMILES string of the molecule is Cc1nc(-c2cccc(NC(=O)c3ncn[nH]3)c2)cs1. The van der Waals surface area contributed by atoms with E-state index >= 15 is 0 Å². The molecule has 0 saturated heterocycles. The fourth-order valence-electron chi connectivity index (χ4n) is 1.76. The van der Waals surface area contributed by atoms with Gasteiger partial charge in [-0.1, -0.05) is 12.1 Å². The summed E-state index contributed by atoms with van der Waals surface area (Å²) in [5.74, 6) is -0.144. The zero-order valence-corrected chi connectivity index (χ0v) is 11.4. The lowest BCUT2D eigenvalue weighted by molar-refractivity contribution is 0.101. The van der Waals surface area contributed by atoms with Crippen molar-refractivity contribution in [3.63, 3.8) is 0 Å². The molecule has 0 unspecified atom stereocenters. The highest BCUT2D eigenvalue weighted by atomic mass is 32.1. The first-order valence-corrected chi connectivity index (χ1v) is 6.79. The van der Waals surface area contributed by atoms with Crippen LogP contribution in [0.4, 0.5) is 5.69 Å². The summed E-state index contributed by atoms with van der Waals surface area (Å²) in [7, 11) is 0. The van der Waals surface area contributed by atoms with Crippen molar-refractivity contribution in [3.05, 3.63) is 46.8 Å². The monoisotopic (exact) mass is 285 g/mol. The van der Waals surface area contributed by atoms with Crippen LogP contribution in [0.25, 0.3) is 11.3 Å². The van der Waals surface area contributed by atoms with Crippen molar-refractivity contribution in [2.24, 2.45) is 0 Å². The van der Waals surface area contributed by atoms with Crippen LogP contribution in [-0.2, 0) is 0 Å². The molecular formula is C13H11N5OS. The van der Waals surface area contributed by atoms with Gasteiger partial charge in [-0.25, -0.2) is 9.97 Å². The average Bonchev–Trinajstić information content (AvgIpc) is 3.10. The molecular weight excluding hydrogens is 274 g/mol. The van der Waals surface area contributed by atoms with Crippen LogP contribution in [0.15, 0.2) is 36.0 Å². The van der Waals surface area contributed by atoms with Gasteiger partial charge >= 0.3 is 0 Å². The molecule has 0 bridgehead atoms. The Kier molecular flexibility index (Phi) is 3.26. The molecule has 0 radical (unpaired) electrons. The number of carbonyl (C=O) groups is 1.